The molecule has 0 radical (unpaired) electrons. The Morgan fingerprint density at radius 1 is 1.33 bits per heavy atom. The SMILES string of the molecule is CC1(C(=O)NS(=O)(=O)c2cccc(C#N)c2)CCN1C(=O)CC1CCCC1. The third kappa shape index (κ3) is 3.83. The number of carbonyl (C=O) groups is 2. The van der Waals surface area contributed by atoms with Gasteiger partial charge in [-0.05, 0) is 50.3 Å². The van der Waals surface area contributed by atoms with Crippen LogP contribution in [0, 0.1) is 17.2 Å². The van der Waals surface area contributed by atoms with E-state index < -0.39 is 21.5 Å². The Hall–Kier alpha value is -2.40. The Labute approximate surface area is 159 Å². The van der Waals surface area contributed by atoms with Gasteiger partial charge in [0.25, 0.3) is 15.9 Å². The quantitative estimate of drug-likeness (QED) is 0.828. The van der Waals surface area contributed by atoms with E-state index in [0.29, 0.717) is 25.3 Å². The standard InChI is InChI=1S/C19H23N3O4S/c1-19(9-10-22(19)17(23)12-14-5-2-3-6-14)18(24)21-27(25,26)16-8-4-7-15(11-16)13-20/h4,7-8,11,14H,2-3,5-6,9-10,12H2,1H3,(H,21,24). The Bertz CT molecular complexity index is 900. The topological polar surface area (TPSA) is 107 Å². The molecule has 1 aromatic carbocycles. The maximum atomic E-state index is 12.7. The van der Waals surface area contributed by atoms with Crippen LogP contribution in [0.15, 0.2) is 29.2 Å². The van der Waals surface area contributed by atoms with Crippen molar-refractivity contribution in [2.45, 2.75) is 55.9 Å². The molecule has 0 bridgehead atoms. The van der Waals surface area contributed by atoms with Gasteiger partial charge in [0.05, 0.1) is 16.5 Å². The van der Waals surface area contributed by atoms with Crippen LogP contribution in [0.3, 0.4) is 0 Å². The van der Waals surface area contributed by atoms with Crippen molar-refractivity contribution in [3.63, 3.8) is 0 Å². The fraction of sp³-hybridized carbons (Fsp3) is 0.526. The predicted octanol–water partition coefficient (Wildman–Crippen LogP) is 1.93. The molecule has 1 saturated carbocycles. The predicted molar refractivity (Wildman–Crippen MR) is 97.8 cm³/mol. The monoisotopic (exact) mass is 389 g/mol. The van der Waals surface area contributed by atoms with Crippen molar-refractivity contribution in [1.82, 2.24) is 9.62 Å². The van der Waals surface area contributed by atoms with Crippen LogP contribution in [0.1, 0.15) is 51.0 Å². The first-order valence-corrected chi connectivity index (χ1v) is 10.6. The van der Waals surface area contributed by atoms with E-state index in [9.17, 15) is 18.0 Å². The molecular weight excluding hydrogens is 366 g/mol. The second-order valence-electron chi connectivity index (χ2n) is 7.50. The summed E-state index contributed by atoms with van der Waals surface area (Å²) >= 11 is 0. The van der Waals surface area contributed by atoms with Gasteiger partial charge in [-0.2, -0.15) is 5.26 Å². The number of carbonyl (C=O) groups excluding carboxylic acids is 2. The summed E-state index contributed by atoms with van der Waals surface area (Å²) < 4.78 is 27.1. The van der Waals surface area contributed by atoms with Gasteiger partial charge in [-0.15, -0.1) is 0 Å². The lowest BCUT2D eigenvalue weighted by Gasteiger charge is -2.49. The largest absolute Gasteiger partial charge is 0.328 e. The third-order valence-electron chi connectivity index (χ3n) is 5.65. The number of hydrogen-bond donors (Lipinski definition) is 1. The summed E-state index contributed by atoms with van der Waals surface area (Å²) in [7, 11) is -4.11. The first-order valence-electron chi connectivity index (χ1n) is 9.14. The molecule has 1 aliphatic carbocycles. The zero-order valence-corrected chi connectivity index (χ0v) is 16.1. The van der Waals surface area contributed by atoms with Crippen LogP contribution in [-0.2, 0) is 19.6 Å². The molecule has 27 heavy (non-hydrogen) atoms. The highest BCUT2D eigenvalue weighted by Gasteiger charge is 2.50. The van der Waals surface area contributed by atoms with Crippen molar-refractivity contribution in [2.75, 3.05) is 6.54 Å². The van der Waals surface area contributed by atoms with Crippen LogP contribution in [0.4, 0.5) is 0 Å². The first-order chi connectivity index (χ1) is 12.8. The summed E-state index contributed by atoms with van der Waals surface area (Å²) in [6.45, 7) is 2.05. The Morgan fingerprint density at radius 2 is 2.04 bits per heavy atom. The van der Waals surface area contributed by atoms with E-state index in [0.717, 1.165) is 25.7 Å². The van der Waals surface area contributed by atoms with E-state index in [2.05, 4.69) is 4.72 Å². The average molecular weight is 389 g/mol. The number of rotatable bonds is 5. The average Bonchev–Trinajstić information content (AvgIpc) is 3.12. The van der Waals surface area contributed by atoms with Gasteiger partial charge < -0.3 is 4.90 Å². The van der Waals surface area contributed by atoms with Gasteiger partial charge in [0.1, 0.15) is 5.54 Å². The number of nitrogens with zero attached hydrogens (tertiary/aromatic N) is 2. The minimum absolute atomic E-state index is 0.0883. The highest BCUT2D eigenvalue weighted by molar-refractivity contribution is 7.90. The molecule has 3 rings (SSSR count). The van der Waals surface area contributed by atoms with Crippen LogP contribution in [0.2, 0.25) is 0 Å². The molecule has 2 fully saturated rings. The van der Waals surface area contributed by atoms with Crippen molar-refractivity contribution in [3.05, 3.63) is 29.8 Å². The second kappa shape index (κ2) is 7.31. The molecule has 2 aliphatic rings. The van der Waals surface area contributed by atoms with Crippen molar-refractivity contribution >= 4 is 21.8 Å². The molecule has 1 heterocycles. The summed E-state index contributed by atoms with van der Waals surface area (Å²) in [5.74, 6) is -0.437. The number of hydrogen-bond acceptors (Lipinski definition) is 5. The first kappa shape index (κ1) is 19.4. The van der Waals surface area contributed by atoms with Gasteiger partial charge in [-0.1, -0.05) is 18.9 Å². The summed E-state index contributed by atoms with van der Waals surface area (Å²) in [5.41, 5.74) is -0.969. The number of likely N-dealkylation sites (tertiary alicyclic amines) is 1. The number of benzene rings is 1. The fourth-order valence-corrected chi connectivity index (χ4v) is 4.91. The third-order valence-corrected chi connectivity index (χ3v) is 6.98. The minimum Gasteiger partial charge on any atom is -0.328 e. The Kier molecular flexibility index (Phi) is 5.24. The molecule has 1 aliphatic heterocycles. The zero-order chi connectivity index (χ0) is 19.7. The molecule has 1 unspecified atom stereocenters. The highest BCUT2D eigenvalue weighted by Crippen LogP contribution is 2.35. The molecule has 1 aromatic rings. The molecule has 1 N–H and O–H groups in total. The summed E-state index contributed by atoms with van der Waals surface area (Å²) in [4.78, 5) is 26.6. The van der Waals surface area contributed by atoms with Gasteiger partial charge in [-0.3, -0.25) is 9.59 Å². The molecule has 144 valence electrons. The summed E-state index contributed by atoms with van der Waals surface area (Å²) in [5, 5.41) is 8.92. The van der Waals surface area contributed by atoms with Gasteiger partial charge in [0, 0.05) is 13.0 Å². The van der Waals surface area contributed by atoms with E-state index in [1.54, 1.807) is 6.92 Å². The maximum absolute atomic E-state index is 12.7. The fourth-order valence-electron chi connectivity index (χ4n) is 3.79. The minimum atomic E-state index is -4.11. The van der Waals surface area contributed by atoms with Gasteiger partial charge in [0.2, 0.25) is 5.91 Å². The molecule has 0 spiro atoms. The molecule has 8 heteroatoms. The number of amides is 2. The van der Waals surface area contributed by atoms with Gasteiger partial charge in [-0.25, -0.2) is 13.1 Å². The maximum Gasteiger partial charge on any atom is 0.264 e. The lowest BCUT2D eigenvalue weighted by Crippen LogP contribution is -2.67. The lowest BCUT2D eigenvalue weighted by atomic mass is 9.85. The smallest absolute Gasteiger partial charge is 0.264 e. The summed E-state index contributed by atoms with van der Waals surface area (Å²) in [6.07, 6.45) is 5.17. The van der Waals surface area contributed by atoms with Crippen LogP contribution < -0.4 is 4.72 Å². The Balaban J connectivity index is 1.70. The Morgan fingerprint density at radius 3 is 2.63 bits per heavy atom. The van der Waals surface area contributed by atoms with E-state index >= 15 is 0 Å². The summed E-state index contributed by atoms with van der Waals surface area (Å²) in [6, 6.07) is 7.33. The van der Waals surface area contributed by atoms with E-state index in [-0.39, 0.29) is 16.4 Å². The van der Waals surface area contributed by atoms with E-state index in [1.807, 2.05) is 6.07 Å². The molecular formula is C19H23N3O4S. The van der Waals surface area contributed by atoms with Crippen molar-refractivity contribution in [1.29, 1.82) is 5.26 Å². The van der Waals surface area contributed by atoms with Crippen molar-refractivity contribution in [3.8, 4) is 6.07 Å². The number of nitriles is 1. The molecule has 2 amide bonds. The van der Waals surface area contributed by atoms with Crippen LogP contribution in [0.5, 0.6) is 0 Å². The lowest BCUT2D eigenvalue weighted by molar-refractivity contribution is -0.157. The highest BCUT2D eigenvalue weighted by atomic mass is 32.2. The number of nitrogens with one attached hydrogen (secondary N) is 1. The molecule has 0 aromatic heterocycles. The molecule has 1 atom stereocenters. The normalized spacial score (nSPS) is 22.7. The van der Waals surface area contributed by atoms with Crippen LogP contribution >= 0.6 is 0 Å². The van der Waals surface area contributed by atoms with E-state index in [1.165, 1.54) is 29.2 Å². The van der Waals surface area contributed by atoms with Crippen LogP contribution in [0.25, 0.3) is 0 Å². The van der Waals surface area contributed by atoms with E-state index in [4.69, 9.17) is 5.26 Å². The van der Waals surface area contributed by atoms with Crippen molar-refractivity contribution < 1.29 is 18.0 Å². The second-order valence-corrected chi connectivity index (χ2v) is 9.18. The zero-order valence-electron chi connectivity index (χ0n) is 15.3. The van der Waals surface area contributed by atoms with Crippen LogP contribution in [-0.4, -0.2) is 37.2 Å². The van der Waals surface area contributed by atoms with Crippen molar-refractivity contribution in [2.24, 2.45) is 5.92 Å². The molecule has 7 nitrogen and oxygen atoms in total. The molecule has 1 saturated heterocycles. The van der Waals surface area contributed by atoms with Gasteiger partial charge in [0.15, 0.2) is 0 Å². The number of sulfonamides is 1. The van der Waals surface area contributed by atoms with Gasteiger partial charge >= 0.3 is 0 Å².